The third kappa shape index (κ3) is 18.9. The Morgan fingerprint density at radius 1 is 0.384 bits per heavy atom. The number of amides is 6. The zero-order chi connectivity index (χ0) is 88.2. The molecule has 4 heterocycles. The molecule has 38 heteroatoms. The number of fused-ring (bicyclic) bond motifs is 4. The van der Waals surface area contributed by atoms with Gasteiger partial charge in [-0.2, -0.15) is 41.4 Å². The average molecular weight is 1670 g/mol. The summed E-state index contributed by atoms with van der Waals surface area (Å²) in [5.74, 6) is -6.25. The standard InChI is InChI=1S/2C22H15N7O3.C22H16N6O2.C21H12F2N6O2/c23-10-14-11-25-28-21(14)29-27-19-15-6-2-1-5-13(15)9-16(20(19)31)22(32)26-18-8-4-3-7-17(18)24-12-30;23-10-14-11-25-28-21(14)29-27-18-16-4-2-1-3-13(16)9-17(19(18)30)22(32)26-15-7-5-12(6-8-15)20(24)31;1-13-6-2-5-9-18(13)25-22(30)17-10-14-7-3-4-8-16(14)19(20(17)29)26-28-21-15(11-23)12-24-27-21;22-15-6-3-7-16(23)18(15)26-21(31)14-8-11-4-1-2-5-13(11)17(19(14)30)27-29-20-12(9-24)10-25-28-20/h1-9,11-12,31H,(H,24,30)(H,25,28)(H,26,32);1-9,11,30H,(H2,24,31)(H,25,28)(H,26,32);2-10,12,29H,1H3,(H,24,27)(H,25,30);1-8,10,30H,(H,25,28)(H,26,31). The molecule has 125 heavy (non-hydrogen) atoms. The lowest BCUT2D eigenvalue weighted by atomic mass is 10.0. The minimum Gasteiger partial charge on any atom is -0.505 e. The second-order valence-electron chi connectivity index (χ2n) is 26.1. The second-order valence-corrected chi connectivity index (χ2v) is 26.1. The zero-order valence-corrected chi connectivity index (χ0v) is 64.3. The average Bonchev–Trinajstić information content (AvgIpc) is 1.55. The summed E-state index contributed by atoms with van der Waals surface area (Å²) in [4.78, 5) is 73.6. The number of azo groups is 4. The number of aromatic nitrogens is 8. The van der Waals surface area contributed by atoms with Gasteiger partial charge in [0.1, 0.15) is 86.6 Å². The Labute approximate surface area is 701 Å². The molecule has 0 unspecified atom stereocenters. The van der Waals surface area contributed by atoms with Crippen molar-refractivity contribution in [2.24, 2.45) is 46.6 Å². The number of aromatic amines is 4. The molecule has 0 bridgehead atoms. The molecule has 0 spiro atoms. The van der Waals surface area contributed by atoms with E-state index in [1.165, 1.54) is 67.3 Å². The number of carbonyl (C=O) groups excluding carboxylic acids is 6. The molecule has 6 amide bonds. The van der Waals surface area contributed by atoms with Crippen molar-refractivity contribution < 1.29 is 58.0 Å². The minimum absolute atomic E-state index is 0.0262. The first kappa shape index (κ1) is 83.7. The molecule has 15 N–H and O–H groups in total. The van der Waals surface area contributed by atoms with Gasteiger partial charge >= 0.3 is 0 Å². The number of H-pyrrole nitrogens is 4. The summed E-state index contributed by atoms with van der Waals surface area (Å²) in [6.45, 7) is 1.88. The number of nitrogens with zero attached hydrogens (tertiary/aromatic N) is 16. The number of aryl methyl sites for hydroxylation is 1. The molecule has 0 aliphatic rings. The lowest BCUT2D eigenvalue weighted by molar-refractivity contribution is -0.105. The smallest absolute Gasteiger partial charge is 0.259 e. The largest absolute Gasteiger partial charge is 0.505 e. The minimum atomic E-state index is -0.961. The number of primary amides is 1. The van der Waals surface area contributed by atoms with Crippen LogP contribution in [-0.4, -0.2) is 97.2 Å². The Morgan fingerprint density at radius 3 is 1.02 bits per heavy atom. The van der Waals surface area contributed by atoms with Gasteiger partial charge in [-0.15, -0.1) is 40.9 Å². The van der Waals surface area contributed by atoms with E-state index in [4.69, 9.17) is 26.8 Å². The second kappa shape index (κ2) is 38.2. The van der Waals surface area contributed by atoms with Crippen LogP contribution in [0, 0.1) is 63.9 Å². The van der Waals surface area contributed by atoms with Crippen LogP contribution in [0.15, 0.2) is 278 Å². The number of aromatic hydroxyl groups is 4. The topological polar surface area (TPSA) is 578 Å². The van der Waals surface area contributed by atoms with Crippen LogP contribution in [0.25, 0.3) is 43.1 Å². The van der Waals surface area contributed by atoms with Gasteiger partial charge in [0, 0.05) is 38.5 Å². The molecule has 4 aromatic heterocycles. The molecule has 16 aromatic rings. The predicted molar refractivity (Wildman–Crippen MR) is 453 cm³/mol. The highest BCUT2D eigenvalue weighted by atomic mass is 19.1. The van der Waals surface area contributed by atoms with Crippen molar-refractivity contribution in [2.75, 3.05) is 26.6 Å². The maximum absolute atomic E-state index is 13.9. The number of hydrogen-bond donors (Lipinski definition) is 14. The molecule has 0 saturated heterocycles. The Hall–Kier alpha value is -19.2. The Morgan fingerprint density at radius 2 is 0.688 bits per heavy atom. The van der Waals surface area contributed by atoms with Crippen LogP contribution in [0.5, 0.6) is 23.0 Å². The van der Waals surface area contributed by atoms with Crippen LogP contribution in [0.4, 0.5) is 83.2 Å². The van der Waals surface area contributed by atoms with E-state index < -0.39 is 52.6 Å². The number of halogens is 2. The van der Waals surface area contributed by atoms with E-state index in [-0.39, 0.29) is 108 Å². The highest BCUT2D eigenvalue weighted by molar-refractivity contribution is 6.16. The molecular weight excluding hydrogens is 1610 g/mol. The Kier molecular flexibility index (Phi) is 25.6. The number of nitrogens with one attached hydrogen (secondary N) is 9. The van der Waals surface area contributed by atoms with Crippen LogP contribution in [0.2, 0.25) is 0 Å². The third-order valence-electron chi connectivity index (χ3n) is 18.3. The van der Waals surface area contributed by atoms with E-state index in [2.05, 4.69) is 108 Å². The van der Waals surface area contributed by atoms with Crippen LogP contribution in [0.3, 0.4) is 0 Å². The maximum Gasteiger partial charge on any atom is 0.259 e. The van der Waals surface area contributed by atoms with Crippen LogP contribution in [-0.2, 0) is 4.79 Å². The summed E-state index contributed by atoms with van der Waals surface area (Å²) in [6.07, 6.45) is 5.71. The van der Waals surface area contributed by atoms with Gasteiger partial charge < -0.3 is 52.7 Å². The summed E-state index contributed by atoms with van der Waals surface area (Å²) >= 11 is 0. The first-order valence-electron chi connectivity index (χ1n) is 36.5. The molecule has 0 fully saturated rings. The van der Waals surface area contributed by atoms with Gasteiger partial charge in [0.2, 0.25) is 12.3 Å². The Bertz CT molecular complexity index is 7230. The van der Waals surface area contributed by atoms with Crippen molar-refractivity contribution in [3.05, 3.63) is 304 Å². The SMILES string of the molecule is Cc1ccccc1NC(=O)c1cc2ccccc2c(N=Nc2[nH]ncc2C#N)c1O.N#Cc1cn[nH]c1N=Nc1c(O)c(C(=O)Nc2c(F)cccc2F)cc2ccccc12.N#Cc1cn[nH]c1N=Nc1c(O)c(C(=O)Nc2ccc(C(N)=O)cc2)cc2ccccc12.N#Cc1cn[nH]c1N=Nc1c(O)c(C(=O)Nc2ccccc2NC=O)cc2ccccc12. The number of nitrogens with two attached hydrogens (primary N) is 1. The summed E-state index contributed by atoms with van der Waals surface area (Å²) in [5, 5.41) is 155. The first-order valence-corrected chi connectivity index (χ1v) is 36.5. The van der Waals surface area contributed by atoms with Crippen LogP contribution in [0.1, 0.15) is 79.6 Å². The monoisotopic (exact) mass is 1660 g/mol. The fourth-order valence-electron chi connectivity index (χ4n) is 12.1. The van der Waals surface area contributed by atoms with Gasteiger partial charge in [0.05, 0.1) is 58.4 Å². The van der Waals surface area contributed by atoms with Gasteiger partial charge in [-0.05, 0) is 113 Å². The van der Waals surface area contributed by atoms with Crippen molar-refractivity contribution in [1.82, 2.24) is 40.8 Å². The lowest BCUT2D eigenvalue weighted by Crippen LogP contribution is -2.14. The van der Waals surface area contributed by atoms with E-state index in [0.717, 1.165) is 23.8 Å². The zero-order valence-electron chi connectivity index (χ0n) is 64.3. The van der Waals surface area contributed by atoms with Gasteiger partial charge in [0.25, 0.3) is 23.6 Å². The molecule has 0 aliphatic heterocycles. The van der Waals surface area contributed by atoms with Gasteiger partial charge in [-0.1, -0.05) is 133 Å². The summed E-state index contributed by atoms with van der Waals surface area (Å²) in [5.41, 5.74) is 8.26. The van der Waals surface area contributed by atoms with Crippen LogP contribution < -0.4 is 32.3 Å². The number of phenols is 4. The van der Waals surface area contributed by atoms with Gasteiger partial charge in [-0.3, -0.25) is 49.2 Å². The number of hydrogen-bond acceptors (Lipinski definition) is 26. The number of anilines is 5. The number of phenolic OH excluding ortho intramolecular Hbond substituents is 4. The summed E-state index contributed by atoms with van der Waals surface area (Å²) < 4.78 is 27.8. The van der Waals surface area contributed by atoms with Crippen LogP contribution >= 0.6 is 0 Å². The highest BCUT2D eigenvalue weighted by Gasteiger charge is 2.26. The maximum atomic E-state index is 13.9. The van der Waals surface area contributed by atoms with E-state index in [1.54, 1.807) is 121 Å². The molecule has 16 rings (SSSR count). The first-order chi connectivity index (χ1) is 60.7. The molecular formula is C87H58F2N26O10. The van der Waals surface area contributed by atoms with Crippen molar-refractivity contribution in [2.45, 2.75) is 6.92 Å². The fraction of sp³-hybridized carbons (Fsp3) is 0.0115. The lowest BCUT2D eigenvalue weighted by Gasteiger charge is -2.13. The normalized spacial score (nSPS) is 10.9. The van der Waals surface area contributed by atoms with E-state index in [9.17, 15) is 58.0 Å². The highest BCUT2D eigenvalue weighted by Crippen LogP contribution is 2.45. The van der Waals surface area contributed by atoms with Crippen molar-refractivity contribution in [1.29, 1.82) is 21.0 Å². The molecule has 0 radical (unpaired) electrons. The van der Waals surface area contributed by atoms with Gasteiger partial charge in [-0.25, -0.2) is 8.78 Å². The number of benzene rings is 12. The number of para-hydroxylation sites is 4. The molecule has 12 aromatic carbocycles. The fourth-order valence-corrected chi connectivity index (χ4v) is 12.1. The van der Waals surface area contributed by atoms with Crippen molar-refractivity contribution in [3.8, 4) is 47.3 Å². The number of rotatable bonds is 19. The molecule has 610 valence electrons. The van der Waals surface area contributed by atoms with Gasteiger partial charge in [0.15, 0.2) is 46.3 Å². The summed E-state index contributed by atoms with van der Waals surface area (Å²) in [6, 6.07) is 64.9. The molecule has 0 saturated carbocycles. The number of carbonyl (C=O) groups is 6. The Balaban J connectivity index is 0.000000143. The van der Waals surface area contributed by atoms with E-state index in [0.29, 0.717) is 77.8 Å². The van der Waals surface area contributed by atoms with E-state index >= 15 is 0 Å². The van der Waals surface area contributed by atoms with E-state index in [1.807, 2.05) is 61.5 Å². The quantitative estimate of drug-likeness (QED) is 0.0264. The molecule has 36 nitrogen and oxygen atoms in total. The molecule has 0 atom stereocenters. The number of nitriles is 4. The third-order valence-corrected chi connectivity index (χ3v) is 18.3. The van der Waals surface area contributed by atoms with Crippen molar-refractivity contribution in [3.63, 3.8) is 0 Å². The van der Waals surface area contributed by atoms with Crippen molar-refractivity contribution >= 4 is 153 Å². The predicted octanol–water partition coefficient (Wildman–Crippen LogP) is 18.5. The summed E-state index contributed by atoms with van der Waals surface area (Å²) in [7, 11) is 0. The molecule has 0 aliphatic carbocycles.